The molecule has 4 heteroatoms. The number of hydrogen-bond donors (Lipinski definition) is 0. The van der Waals surface area contributed by atoms with Gasteiger partial charge < -0.3 is 0 Å². The van der Waals surface area contributed by atoms with Gasteiger partial charge in [0, 0.05) is 13.6 Å². The van der Waals surface area contributed by atoms with E-state index in [1.165, 1.54) is 4.31 Å². The van der Waals surface area contributed by atoms with Gasteiger partial charge in [-0.05, 0) is 17.8 Å². The van der Waals surface area contributed by atoms with E-state index in [9.17, 15) is 8.42 Å². The summed E-state index contributed by atoms with van der Waals surface area (Å²) >= 11 is 0. The summed E-state index contributed by atoms with van der Waals surface area (Å²) in [6.45, 7) is 7.00. The summed E-state index contributed by atoms with van der Waals surface area (Å²) in [6, 6.07) is 0. The van der Waals surface area contributed by atoms with Crippen LogP contribution in [0.3, 0.4) is 0 Å². The van der Waals surface area contributed by atoms with Crippen LogP contribution in [0.15, 0.2) is 0 Å². The molecule has 0 amide bonds. The van der Waals surface area contributed by atoms with Crippen molar-refractivity contribution >= 4 is 10.0 Å². The zero-order chi connectivity index (χ0) is 10.2. The Balaban J connectivity index is 2.82. The van der Waals surface area contributed by atoms with Gasteiger partial charge in [-0.25, -0.2) is 12.7 Å². The molecule has 1 saturated heterocycles. The molecule has 1 heterocycles. The summed E-state index contributed by atoms with van der Waals surface area (Å²) in [5.41, 5.74) is 0. The predicted molar refractivity (Wildman–Crippen MR) is 53.9 cm³/mol. The third kappa shape index (κ3) is 2.23. The van der Waals surface area contributed by atoms with Crippen molar-refractivity contribution < 1.29 is 8.42 Å². The average Bonchev–Trinajstić information content (AvgIpc) is 1.97. The number of nitrogens with zero attached hydrogens (tertiary/aromatic N) is 1. The molecule has 3 nitrogen and oxygen atoms in total. The molecule has 0 bridgehead atoms. The zero-order valence-electron chi connectivity index (χ0n) is 8.82. The van der Waals surface area contributed by atoms with E-state index in [4.69, 9.17) is 0 Å². The van der Waals surface area contributed by atoms with Crippen molar-refractivity contribution in [3.63, 3.8) is 0 Å². The Morgan fingerprint density at radius 3 is 2.38 bits per heavy atom. The van der Waals surface area contributed by atoms with Crippen LogP contribution in [0, 0.1) is 17.8 Å². The topological polar surface area (TPSA) is 37.4 Å². The lowest BCUT2D eigenvalue weighted by atomic mass is 9.86. The molecule has 0 aromatic rings. The third-order valence-electron chi connectivity index (χ3n) is 3.01. The van der Waals surface area contributed by atoms with Gasteiger partial charge in [-0.1, -0.05) is 20.8 Å². The largest absolute Gasteiger partial charge is 0.214 e. The summed E-state index contributed by atoms with van der Waals surface area (Å²) in [7, 11) is -1.29. The van der Waals surface area contributed by atoms with Gasteiger partial charge in [0.15, 0.2) is 0 Å². The molecule has 0 spiro atoms. The van der Waals surface area contributed by atoms with E-state index in [-0.39, 0.29) is 0 Å². The Morgan fingerprint density at radius 1 is 1.38 bits per heavy atom. The molecule has 0 aromatic heterocycles. The molecule has 0 saturated carbocycles. The highest BCUT2D eigenvalue weighted by Crippen LogP contribution is 2.28. The van der Waals surface area contributed by atoms with E-state index in [0.29, 0.717) is 30.1 Å². The van der Waals surface area contributed by atoms with Crippen LogP contribution in [0.25, 0.3) is 0 Å². The predicted octanol–water partition coefficient (Wildman–Crippen LogP) is 1.17. The van der Waals surface area contributed by atoms with Gasteiger partial charge in [0.25, 0.3) is 0 Å². The molecule has 0 aliphatic carbocycles. The molecule has 1 rings (SSSR count). The van der Waals surface area contributed by atoms with Crippen molar-refractivity contribution in [3.8, 4) is 0 Å². The average molecular weight is 205 g/mol. The minimum atomic E-state index is -2.96. The van der Waals surface area contributed by atoms with Crippen LogP contribution >= 0.6 is 0 Å². The Bertz CT molecular complexity index is 271. The molecular formula is C9H19NO2S. The van der Waals surface area contributed by atoms with Crippen molar-refractivity contribution in [1.29, 1.82) is 0 Å². The number of hydrogen-bond acceptors (Lipinski definition) is 2. The Kier molecular flexibility index (Phi) is 3.02. The van der Waals surface area contributed by atoms with E-state index in [1.807, 2.05) is 0 Å². The van der Waals surface area contributed by atoms with Crippen LogP contribution in [0.2, 0.25) is 0 Å². The Labute approximate surface area is 81.2 Å². The summed E-state index contributed by atoms with van der Waals surface area (Å²) in [4.78, 5) is 0. The first-order chi connectivity index (χ1) is 5.84. The van der Waals surface area contributed by atoms with Crippen LogP contribution in [0.5, 0.6) is 0 Å². The van der Waals surface area contributed by atoms with Crippen LogP contribution in [0.4, 0.5) is 0 Å². The van der Waals surface area contributed by atoms with Gasteiger partial charge in [-0.15, -0.1) is 0 Å². The van der Waals surface area contributed by atoms with Gasteiger partial charge in [0.2, 0.25) is 10.0 Å². The second-order valence-electron chi connectivity index (χ2n) is 4.44. The van der Waals surface area contributed by atoms with Crippen LogP contribution < -0.4 is 0 Å². The molecule has 1 fully saturated rings. The van der Waals surface area contributed by atoms with Gasteiger partial charge >= 0.3 is 0 Å². The van der Waals surface area contributed by atoms with Crippen LogP contribution in [-0.2, 0) is 10.0 Å². The van der Waals surface area contributed by atoms with Gasteiger partial charge in [0.1, 0.15) is 0 Å². The summed E-state index contributed by atoms with van der Waals surface area (Å²) in [5, 5.41) is 0. The number of sulfonamides is 1. The lowest BCUT2D eigenvalue weighted by molar-refractivity contribution is 0.234. The Hall–Kier alpha value is -0.0900. The third-order valence-corrected chi connectivity index (χ3v) is 4.92. The maximum absolute atomic E-state index is 11.6. The maximum atomic E-state index is 11.6. The van der Waals surface area contributed by atoms with Crippen molar-refractivity contribution in [1.82, 2.24) is 4.31 Å². The zero-order valence-corrected chi connectivity index (χ0v) is 9.63. The van der Waals surface area contributed by atoms with Crippen molar-refractivity contribution in [3.05, 3.63) is 0 Å². The lowest BCUT2D eigenvalue weighted by Crippen LogP contribution is -2.45. The minimum absolute atomic E-state index is 0.321. The van der Waals surface area contributed by atoms with E-state index in [2.05, 4.69) is 20.8 Å². The van der Waals surface area contributed by atoms with E-state index in [1.54, 1.807) is 7.05 Å². The molecule has 2 atom stereocenters. The first-order valence-electron chi connectivity index (χ1n) is 4.78. The molecule has 13 heavy (non-hydrogen) atoms. The standard InChI is InChI=1S/C9H19NO2S/c1-7(2)9-6-13(11,12)10(4)5-8(9)3/h7-9H,5-6H2,1-4H3. The quantitative estimate of drug-likeness (QED) is 0.644. The second-order valence-corrected chi connectivity index (χ2v) is 6.56. The summed E-state index contributed by atoms with van der Waals surface area (Å²) < 4.78 is 24.6. The fourth-order valence-electron chi connectivity index (χ4n) is 2.04. The highest BCUT2D eigenvalue weighted by atomic mass is 32.2. The normalized spacial score (nSPS) is 35.2. The SMILES string of the molecule is CC(C)C1CS(=O)(=O)N(C)CC1C. The van der Waals surface area contributed by atoms with Crippen LogP contribution in [0.1, 0.15) is 20.8 Å². The molecule has 0 aromatic carbocycles. The maximum Gasteiger partial charge on any atom is 0.214 e. The number of rotatable bonds is 1. The molecule has 1 aliphatic rings. The van der Waals surface area contributed by atoms with E-state index in [0.717, 1.165) is 0 Å². The monoisotopic (exact) mass is 205 g/mol. The van der Waals surface area contributed by atoms with Crippen molar-refractivity contribution in [2.24, 2.45) is 17.8 Å². The van der Waals surface area contributed by atoms with E-state index < -0.39 is 10.0 Å². The van der Waals surface area contributed by atoms with E-state index >= 15 is 0 Å². The lowest BCUT2D eigenvalue weighted by Gasteiger charge is -2.36. The fourth-order valence-corrected chi connectivity index (χ4v) is 3.96. The molecule has 1 aliphatic heterocycles. The first kappa shape index (κ1) is 11.0. The van der Waals surface area contributed by atoms with Gasteiger partial charge in [0.05, 0.1) is 5.75 Å². The Morgan fingerprint density at radius 2 is 1.92 bits per heavy atom. The molecule has 0 radical (unpaired) electrons. The first-order valence-corrected chi connectivity index (χ1v) is 6.39. The highest BCUT2D eigenvalue weighted by molar-refractivity contribution is 7.89. The highest BCUT2D eigenvalue weighted by Gasteiger charge is 2.35. The van der Waals surface area contributed by atoms with Gasteiger partial charge in [-0.3, -0.25) is 0 Å². The summed E-state index contributed by atoms with van der Waals surface area (Å²) in [6.07, 6.45) is 0. The van der Waals surface area contributed by atoms with Crippen molar-refractivity contribution in [2.45, 2.75) is 20.8 Å². The minimum Gasteiger partial charge on any atom is -0.212 e. The van der Waals surface area contributed by atoms with Crippen molar-refractivity contribution in [2.75, 3.05) is 19.3 Å². The molecule has 2 unspecified atom stereocenters. The summed E-state index contributed by atoms with van der Waals surface area (Å²) in [5.74, 6) is 1.58. The molecule has 0 N–H and O–H groups in total. The fraction of sp³-hybridized carbons (Fsp3) is 1.00. The molecular weight excluding hydrogens is 186 g/mol. The van der Waals surface area contributed by atoms with Gasteiger partial charge in [-0.2, -0.15) is 0 Å². The second kappa shape index (κ2) is 3.58. The molecule has 78 valence electrons. The smallest absolute Gasteiger partial charge is 0.212 e. The van der Waals surface area contributed by atoms with Crippen LogP contribution in [-0.4, -0.2) is 32.1 Å².